The molecule has 1 rings (SSSR count). The summed E-state index contributed by atoms with van der Waals surface area (Å²) in [5.41, 5.74) is 1.09. The maximum Gasteiger partial charge on any atom is 0.192 e. The van der Waals surface area contributed by atoms with Gasteiger partial charge in [-0.3, -0.25) is 0 Å². The lowest BCUT2D eigenvalue weighted by molar-refractivity contribution is -0.110. The largest absolute Gasteiger partial charge is 0.410 e. The van der Waals surface area contributed by atoms with E-state index < -0.39 is 8.32 Å². The van der Waals surface area contributed by atoms with Gasteiger partial charge in [-0.2, -0.15) is 0 Å². The van der Waals surface area contributed by atoms with Gasteiger partial charge < -0.3 is 13.9 Å². The van der Waals surface area contributed by atoms with Crippen molar-refractivity contribution >= 4 is 8.32 Å². The molecule has 0 aromatic carbocycles. The SMILES string of the molecule is CCC1=CC(O[Si](C)(C)C(C)(C)C)CC1(C)OCOC. The van der Waals surface area contributed by atoms with Gasteiger partial charge in [0.15, 0.2) is 8.32 Å². The molecule has 0 aliphatic heterocycles. The first-order chi connectivity index (χ1) is 9.05. The molecule has 0 saturated heterocycles. The van der Waals surface area contributed by atoms with Gasteiger partial charge in [-0.15, -0.1) is 0 Å². The Morgan fingerprint density at radius 1 is 1.35 bits per heavy atom. The molecular formula is C16H32O3Si. The third kappa shape index (κ3) is 3.94. The van der Waals surface area contributed by atoms with Crippen molar-refractivity contribution in [2.75, 3.05) is 13.9 Å². The average molecular weight is 301 g/mol. The molecule has 0 radical (unpaired) electrons. The minimum absolute atomic E-state index is 0.174. The van der Waals surface area contributed by atoms with Crippen LogP contribution in [0.25, 0.3) is 0 Å². The Balaban J connectivity index is 2.79. The molecule has 0 bridgehead atoms. The van der Waals surface area contributed by atoms with Crippen LogP contribution in [-0.4, -0.2) is 33.9 Å². The summed E-state index contributed by atoms with van der Waals surface area (Å²) in [6.07, 6.45) is 4.34. The number of methoxy groups -OCH3 is 1. The molecule has 0 aromatic heterocycles. The molecule has 118 valence electrons. The highest BCUT2D eigenvalue weighted by molar-refractivity contribution is 6.74. The fraction of sp³-hybridized carbons (Fsp3) is 0.875. The number of ether oxygens (including phenoxy) is 2. The Hall–Kier alpha value is -0.163. The van der Waals surface area contributed by atoms with E-state index in [-0.39, 0.29) is 16.7 Å². The maximum absolute atomic E-state index is 6.51. The second-order valence-corrected chi connectivity index (χ2v) is 12.2. The summed E-state index contributed by atoms with van der Waals surface area (Å²) in [5, 5.41) is 0.236. The van der Waals surface area contributed by atoms with Crippen LogP contribution in [0.2, 0.25) is 18.1 Å². The van der Waals surface area contributed by atoms with Gasteiger partial charge in [0.1, 0.15) is 6.79 Å². The van der Waals surface area contributed by atoms with Crippen LogP contribution in [0.4, 0.5) is 0 Å². The van der Waals surface area contributed by atoms with E-state index in [1.54, 1.807) is 7.11 Å². The molecule has 20 heavy (non-hydrogen) atoms. The van der Waals surface area contributed by atoms with Gasteiger partial charge in [-0.1, -0.05) is 33.8 Å². The summed E-state index contributed by atoms with van der Waals surface area (Å²) in [4.78, 5) is 0. The molecule has 0 spiro atoms. The summed E-state index contributed by atoms with van der Waals surface area (Å²) >= 11 is 0. The molecule has 2 unspecified atom stereocenters. The molecule has 0 heterocycles. The third-order valence-corrected chi connectivity index (χ3v) is 9.29. The van der Waals surface area contributed by atoms with Gasteiger partial charge in [-0.05, 0) is 37.0 Å². The lowest BCUT2D eigenvalue weighted by Gasteiger charge is -2.38. The highest BCUT2D eigenvalue weighted by atomic mass is 28.4. The number of hydrogen-bond donors (Lipinski definition) is 0. The summed E-state index contributed by atoms with van der Waals surface area (Å²) in [6.45, 7) is 16.1. The Labute approximate surface area is 125 Å². The maximum atomic E-state index is 6.51. The van der Waals surface area contributed by atoms with Crippen LogP contribution in [0.3, 0.4) is 0 Å². The third-order valence-electron chi connectivity index (χ3n) is 4.79. The zero-order valence-corrected chi connectivity index (χ0v) is 15.5. The molecule has 4 heteroatoms. The van der Waals surface area contributed by atoms with E-state index in [0.29, 0.717) is 6.79 Å². The molecule has 0 amide bonds. The molecule has 3 nitrogen and oxygen atoms in total. The normalized spacial score (nSPS) is 27.8. The van der Waals surface area contributed by atoms with E-state index in [4.69, 9.17) is 13.9 Å². The predicted octanol–water partition coefficient (Wildman–Crippen LogP) is 4.50. The van der Waals surface area contributed by atoms with Crippen molar-refractivity contribution in [3.63, 3.8) is 0 Å². The van der Waals surface area contributed by atoms with Gasteiger partial charge >= 0.3 is 0 Å². The van der Waals surface area contributed by atoms with Gasteiger partial charge in [0.25, 0.3) is 0 Å². The highest BCUT2D eigenvalue weighted by Gasteiger charge is 2.44. The topological polar surface area (TPSA) is 27.7 Å². The second-order valence-electron chi connectivity index (χ2n) is 7.45. The van der Waals surface area contributed by atoms with Crippen molar-refractivity contribution in [3.8, 4) is 0 Å². The summed E-state index contributed by atoms with van der Waals surface area (Å²) in [5.74, 6) is 0. The van der Waals surface area contributed by atoms with Gasteiger partial charge in [-0.25, -0.2) is 0 Å². The fourth-order valence-corrected chi connectivity index (χ4v) is 3.70. The van der Waals surface area contributed by atoms with E-state index in [9.17, 15) is 0 Å². The average Bonchev–Trinajstić information content (AvgIpc) is 2.61. The van der Waals surface area contributed by atoms with Crippen LogP contribution < -0.4 is 0 Å². The van der Waals surface area contributed by atoms with E-state index in [2.05, 4.69) is 53.8 Å². The first-order valence-corrected chi connectivity index (χ1v) is 10.5. The van der Waals surface area contributed by atoms with Gasteiger partial charge in [0, 0.05) is 13.5 Å². The number of rotatable bonds is 6. The van der Waals surface area contributed by atoms with Crippen molar-refractivity contribution in [1.82, 2.24) is 0 Å². The minimum Gasteiger partial charge on any atom is -0.410 e. The van der Waals surface area contributed by atoms with Crippen LogP contribution in [-0.2, 0) is 13.9 Å². The summed E-state index contributed by atoms with van der Waals surface area (Å²) in [7, 11) is -0.0735. The summed E-state index contributed by atoms with van der Waals surface area (Å²) < 4.78 is 17.5. The predicted molar refractivity (Wildman–Crippen MR) is 86.4 cm³/mol. The molecule has 0 N–H and O–H groups in total. The van der Waals surface area contributed by atoms with Crippen LogP contribution in [0.1, 0.15) is 47.5 Å². The van der Waals surface area contributed by atoms with E-state index in [1.807, 2.05) is 0 Å². The van der Waals surface area contributed by atoms with Crippen molar-refractivity contribution in [3.05, 3.63) is 11.6 Å². The van der Waals surface area contributed by atoms with Crippen LogP contribution in [0.5, 0.6) is 0 Å². The van der Waals surface area contributed by atoms with E-state index >= 15 is 0 Å². The van der Waals surface area contributed by atoms with Crippen molar-refractivity contribution < 1.29 is 13.9 Å². The number of hydrogen-bond acceptors (Lipinski definition) is 3. The molecule has 1 aliphatic rings. The van der Waals surface area contributed by atoms with Gasteiger partial charge in [0.2, 0.25) is 0 Å². The van der Waals surface area contributed by atoms with Crippen molar-refractivity contribution in [1.29, 1.82) is 0 Å². The van der Waals surface area contributed by atoms with Crippen molar-refractivity contribution in [2.45, 2.75) is 77.3 Å². The molecule has 1 aliphatic carbocycles. The molecule has 2 atom stereocenters. The lowest BCUT2D eigenvalue weighted by Crippen LogP contribution is -2.44. The van der Waals surface area contributed by atoms with E-state index in [1.165, 1.54) is 5.57 Å². The highest BCUT2D eigenvalue weighted by Crippen LogP contribution is 2.42. The lowest BCUT2D eigenvalue weighted by atomic mass is 9.96. The fourth-order valence-electron chi connectivity index (χ4n) is 2.44. The van der Waals surface area contributed by atoms with E-state index in [0.717, 1.165) is 12.8 Å². The molecular weight excluding hydrogens is 268 g/mol. The Kier molecular flexibility index (Phi) is 5.64. The second kappa shape index (κ2) is 6.30. The van der Waals surface area contributed by atoms with Crippen molar-refractivity contribution in [2.24, 2.45) is 0 Å². The first-order valence-electron chi connectivity index (χ1n) is 7.57. The van der Waals surface area contributed by atoms with Crippen LogP contribution >= 0.6 is 0 Å². The molecule has 0 fully saturated rings. The standard InChI is InChI=1S/C16H32O3Si/c1-9-13-10-14(11-16(13,5)18-12-17-6)19-20(7,8)15(2,3)4/h10,14H,9,11-12H2,1-8H3. The first kappa shape index (κ1) is 17.9. The van der Waals surface area contributed by atoms with Gasteiger partial charge in [0.05, 0.1) is 11.7 Å². The van der Waals surface area contributed by atoms with Crippen LogP contribution in [0, 0.1) is 0 Å². The molecule has 0 aromatic rings. The Morgan fingerprint density at radius 3 is 2.40 bits per heavy atom. The Morgan fingerprint density at radius 2 is 1.95 bits per heavy atom. The Bertz CT molecular complexity index is 357. The minimum atomic E-state index is -1.74. The molecule has 0 saturated carbocycles. The monoisotopic (exact) mass is 300 g/mol. The smallest absolute Gasteiger partial charge is 0.192 e. The van der Waals surface area contributed by atoms with Crippen LogP contribution in [0.15, 0.2) is 11.6 Å². The zero-order valence-electron chi connectivity index (χ0n) is 14.5. The zero-order chi connectivity index (χ0) is 15.6. The quantitative estimate of drug-likeness (QED) is 0.411. The summed E-state index contributed by atoms with van der Waals surface area (Å²) in [6, 6.07) is 0.